The van der Waals surface area contributed by atoms with E-state index in [2.05, 4.69) is 9.97 Å². The lowest BCUT2D eigenvalue weighted by atomic mass is 9.78. The Kier molecular flexibility index (Phi) is 4.27. The number of hydrogen-bond acceptors (Lipinski definition) is 6. The van der Waals surface area contributed by atoms with Crippen LogP contribution in [0.15, 0.2) is 42.6 Å². The van der Waals surface area contributed by atoms with Crippen LogP contribution in [0.1, 0.15) is 23.3 Å². The second-order valence-electron chi connectivity index (χ2n) is 8.56. The molecule has 0 bridgehead atoms. The molecule has 1 amide bonds. The lowest BCUT2D eigenvalue weighted by Gasteiger charge is -2.35. The van der Waals surface area contributed by atoms with Crippen molar-refractivity contribution in [3.8, 4) is 17.2 Å². The summed E-state index contributed by atoms with van der Waals surface area (Å²) in [4.78, 5) is 22.4. The number of likely N-dealkylation sites (tertiary alicyclic amines) is 1. The Morgan fingerprint density at radius 1 is 1.13 bits per heavy atom. The van der Waals surface area contributed by atoms with Crippen LogP contribution in [0, 0.1) is 11.8 Å². The smallest absolute Gasteiger partial charge is 0.270 e. The highest BCUT2D eigenvalue weighted by atomic mass is 16.7. The third kappa shape index (κ3) is 3.27. The number of aliphatic hydroxyl groups excluding tert-OH is 1. The van der Waals surface area contributed by atoms with E-state index in [0.717, 1.165) is 11.0 Å². The summed E-state index contributed by atoms with van der Waals surface area (Å²) in [5.41, 5.74) is 2.20. The van der Waals surface area contributed by atoms with E-state index in [9.17, 15) is 9.90 Å². The summed E-state index contributed by atoms with van der Waals surface area (Å²) in [6.07, 6.45) is 2.17. The zero-order valence-corrected chi connectivity index (χ0v) is 16.9. The molecule has 0 unspecified atom stereocenters. The van der Waals surface area contributed by atoms with E-state index in [1.807, 2.05) is 29.2 Å². The Hall–Kier alpha value is -3.26. The van der Waals surface area contributed by atoms with Gasteiger partial charge in [0.2, 0.25) is 6.79 Å². The molecule has 1 saturated heterocycles. The van der Waals surface area contributed by atoms with E-state index in [4.69, 9.17) is 14.2 Å². The maximum atomic E-state index is 13.1. The van der Waals surface area contributed by atoms with Gasteiger partial charge in [-0.1, -0.05) is 0 Å². The van der Waals surface area contributed by atoms with E-state index in [1.54, 1.807) is 18.3 Å². The van der Waals surface area contributed by atoms with Crippen LogP contribution in [0.4, 0.5) is 0 Å². The molecule has 2 N–H and O–H groups in total. The highest BCUT2D eigenvalue weighted by molar-refractivity contribution is 5.97. The van der Waals surface area contributed by atoms with Gasteiger partial charge in [-0.15, -0.1) is 0 Å². The molecule has 0 spiro atoms. The highest BCUT2D eigenvalue weighted by Gasteiger charge is 2.44. The third-order valence-electron chi connectivity index (χ3n) is 6.62. The maximum Gasteiger partial charge on any atom is 0.270 e. The van der Waals surface area contributed by atoms with Crippen LogP contribution in [0.3, 0.4) is 0 Å². The minimum Gasteiger partial charge on any atom is -0.488 e. The summed E-state index contributed by atoms with van der Waals surface area (Å²) >= 11 is 0. The number of H-pyrrole nitrogens is 1. The van der Waals surface area contributed by atoms with Gasteiger partial charge in [0, 0.05) is 25.4 Å². The molecule has 8 heteroatoms. The molecule has 4 heterocycles. The Bertz CT molecular complexity index is 1110. The molecule has 160 valence electrons. The molecule has 2 aliphatic heterocycles. The molecule has 3 aliphatic rings. The predicted octanol–water partition coefficient (Wildman–Crippen LogP) is 2.58. The molecular formula is C23H23N3O5. The van der Waals surface area contributed by atoms with Crippen molar-refractivity contribution >= 4 is 16.9 Å². The second kappa shape index (κ2) is 7.16. The second-order valence-corrected chi connectivity index (χ2v) is 8.56. The van der Waals surface area contributed by atoms with Crippen LogP contribution >= 0.6 is 0 Å². The Balaban J connectivity index is 1.15. The van der Waals surface area contributed by atoms with Crippen LogP contribution in [0.5, 0.6) is 17.2 Å². The number of carbonyl (C=O) groups excluding carboxylic acids is 1. The van der Waals surface area contributed by atoms with Gasteiger partial charge in [0.15, 0.2) is 11.5 Å². The zero-order chi connectivity index (χ0) is 20.9. The molecule has 31 heavy (non-hydrogen) atoms. The van der Waals surface area contributed by atoms with Crippen molar-refractivity contribution in [2.45, 2.75) is 25.0 Å². The van der Waals surface area contributed by atoms with Crippen molar-refractivity contribution in [3.63, 3.8) is 0 Å². The molecular weight excluding hydrogens is 398 g/mol. The van der Waals surface area contributed by atoms with Gasteiger partial charge in [0.05, 0.1) is 17.1 Å². The van der Waals surface area contributed by atoms with E-state index >= 15 is 0 Å². The number of aromatic amines is 1. The van der Waals surface area contributed by atoms with Gasteiger partial charge in [-0.05, 0) is 55.0 Å². The first-order valence-corrected chi connectivity index (χ1v) is 10.6. The number of nitrogens with one attached hydrogen (secondary N) is 1. The summed E-state index contributed by atoms with van der Waals surface area (Å²) < 4.78 is 16.9. The zero-order valence-electron chi connectivity index (χ0n) is 16.9. The van der Waals surface area contributed by atoms with Gasteiger partial charge in [-0.3, -0.25) is 9.78 Å². The number of ether oxygens (including phenoxy) is 3. The lowest BCUT2D eigenvalue weighted by Crippen LogP contribution is -2.42. The van der Waals surface area contributed by atoms with E-state index < -0.39 is 6.10 Å². The molecule has 8 nitrogen and oxygen atoms in total. The number of benzene rings is 1. The van der Waals surface area contributed by atoms with Crippen molar-refractivity contribution in [1.29, 1.82) is 0 Å². The fourth-order valence-corrected chi connectivity index (χ4v) is 5.05. The first-order chi connectivity index (χ1) is 15.1. The van der Waals surface area contributed by atoms with Crippen molar-refractivity contribution in [1.82, 2.24) is 14.9 Å². The van der Waals surface area contributed by atoms with Gasteiger partial charge < -0.3 is 29.2 Å². The maximum absolute atomic E-state index is 13.1. The van der Waals surface area contributed by atoms with E-state index in [0.29, 0.717) is 54.8 Å². The fraction of sp³-hybridized carbons (Fsp3) is 0.391. The number of aromatic nitrogens is 2. The molecule has 2 fully saturated rings. The van der Waals surface area contributed by atoms with Crippen LogP contribution in [-0.4, -0.2) is 58.0 Å². The Morgan fingerprint density at radius 3 is 2.84 bits per heavy atom. The molecule has 2 aromatic heterocycles. The van der Waals surface area contributed by atoms with Gasteiger partial charge in [-0.25, -0.2) is 0 Å². The van der Waals surface area contributed by atoms with Gasteiger partial charge in [0.1, 0.15) is 17.5 Å². The monoisotopic (exact) mass is 421 g/mol. The number of pyridine rings is 1. The van der Waals surface area contributed by atoms with Gasteiger partial charge in [0.25, 0.3) is 5.91 Å². The van der Waals surface area contributed by atoms with Gasteiger partial charge >= 0.3 is 0 Å². The summed E-state index contributed by atoms with van der Waals surface area (Å²) in [6, 6.07) is 11.0. The van der Waals surface area contributed by atoms with Crippen molar-refractivity contribution in [3.05, 3.63) is 48.3 Å². The first-order valence-electron chi connectivity index (χ1n) is 10.6. The number of rotatable bonds is 3. The summed E-state index contributed by atoms with van der Waals surface area (Å²) in [5.74, 6) is 2.57. The number of aliphatic hydroxyl groups is 1. The summed E-state index contributed by atoms with van der Waals surface area (Å²) in [6.45, 7) is 1.53. The largest absolute Gasteiger partial charge is 0.488 e. The average molecular weight is 421 g/mol. The number of nitrogens with zero attached hydrogens (tertiary/aromatic N) is 2. The molecule has 4 atom stereocenters. The lowest BCUT2D eigenvalue weighted by molar-refractivity contribution is -0.0232. The summed E-state index contributed by atoms with van der Waals surface area (Å²) in [5, 5.41) is 10.7. The number of fused-ring (bicyclic) bond motifs is 3. The van der Waals surface area contributed by atoms with E-state index in [-0.39, 0.29) is 24.7 Å². The molecule has 3 aromatic rings. The Morgan fingerprint density at radius 2 is 1.97 bits per heavy atom. The number of carbonyl (C=O) groups is 1. The summed E-state index contributed by atoms with van der Waals surface area (Å²) in [7, 11) is 0. The van der Waals surface area contributed by atoms with Crippen LogP contribution in [-0.2, 0) is 0 Å². The van der Waals surface area contributed by atoms with Crippen LogP contribution < -0.4 is 14.2 Å². The van der Waals surface area contributed by atoms with Crippen LogP contribution in [0.2, 0.25) is 0 Å². The van der Waals surface area contributed by atoms with Crippen molar-refractivity contribution < 1.29 is 24.1 Å². The van der Waals surface area contributed by atoms with Crippen molar-refractivity contribution in [2.24, 2.45) is 11.8 Å². The van der Waals surface area contributed by atoms with Crippen molar-refractivity contribution in [2.75, 3.05) is 19.9 Å². The first kappa shape index (κ1) is 18.5. The SMILES string of the molecule is O=C(c1cc2ncccc2[nH]1)N1C[C@H]2C[C@@H](Oc3ccc4c(c3)OCO4)[C@H](O)C[C@H]2C1. The number of hydrogen-bond donors (Lipinski definition) is 2. The molecule has 0 radical (unpaired) electrons. The average Bonchev–Trinajstić information content (AvgIpc) is 3.50. The minimum absolute atomic E-state index is 0.0184. The molecule has 1 aromatic carbocycles. The normalized spacial score (nSPS) is 26.8. The molecule has 1 saturated carbocycles. The quantitative estimate of drug-likeness (QED) is 0.675. The Labute approximate surface area is 178 Å². The standard InChI is InChI=1S/C23H23N3O5/c27-19-6-13-10-26(23(28)18-9-17-16(25-18)2-1-5-24-17)11-14(13)7-21(19)31-15-3-4-20-22(8-15)30-12-29-20/h1-5,8-9,13-14,19,21,25,27H,6-7,10-12H2/t13-,14+,19+,21+/m0/s1. The molecule has 6 rings (SSSR count). The number of amides is 1. The van der Waals surface area contributed by atoms with Gasteiger partial charge in [-0.2, -0.15) is 0 Å². The minimum atomic E-state index is -0.570. The topological polar surface area (TPSA) is 96.9 Å². The third-order valence-corrected chi connectivity index (χ3v) is 6.62. The molecule has 1 aliphatic carbocycles. The van der Waals surface area contributed by atoms with Crippen LogP contribution in [0.25, 0.3) is 11.0 Å². The fourth-order valence-electron chi connectivity index (χ4n) is 5.05. The van der Waals surface area contributed by atoms with E-state index in [1.165, 1.54) is 0 Å². The highest BCUT2D eigenvalue weighted by Crippen LogP contribution is 2.40. The predicted molar refractivity (Wildman–Crippen MR) is 111 cm³/mol.